The van der Waals surface area contributed by atoms with Crippen molar-refractivity contribution in [2.45, 2.75) is 77.0 Å². The highest BCUT2D eigenvalue weighted by molar-refractivity contribution is 5.87. The molecule has 4 rings (SSSR count). The third kappa shape index (κ3) is 7.68. The second-order valence-corrected chi connectivity index (χ2v) is 10.6. The number of esters is 1. The fourth-order valence-electron chi connectivity index (χ4n) is 5.12. The molecule has 2 aromatic carbocycles. The summed E-state index contributed by atoms with van der Waals surface area (Å²) in [5, 5.41) is 0. The van der Waals surface area contributed by atoms with Crippen LogP contribution in [-0.2, 0) is 31.7 Å². The van der Waals surface area contributed by atoms with Gasteiger partial charge in [0.25, 0.3) is 0 Å². The molecule has 0 radical (unpaired) electrons. The molecule has 2 aromatic rings. The molecule has 2 aliphatic rings. The summed E-state index contributed by atoms with van der Waals surface area (Å²) < 4.78 is 61.1. The van der Waals surface area contributed by atoms with Gasteiger partial charge in [0.2, 0.25) is 11.7 Å². The van der Waals surface area contributed by atoms with Crippen LogP contribution >= 0.6 is 0 Å². The van der Waals surface area contributed by atoms with Crippen molar-refractivity contribution in [1.29, 1.82) is 0 Å². The number of cyclic esters (lactones) is 1. The first kappa shape index (κ1) is 29.7. The van der Waals surface area contributed by atoms with Crippen LogP contribution in [0.1, 0.15) is 57.6 Å². The van der Waals surface area contributed by atoms with Crippen LogP contribution in [-0.4, -0.2) is 54.5 Å². The minimum Gasteiger partial charge on any atom is -0.494 e. The Bertz CT molecular complexity index is 1140. The average Bonchev–Trinajstić information content (AvgIpc) is 3.19. The van der Waals surface area contributed by atoms with Crippen molar-refractivity contribution in [1.82, 2.24) is 4.90 Å². The number of halogens is 3. The van der Waals surface area contributed by atoms with Gasteiger partial charge in [-0.25, -0.2) is 4.79 Å². The van der Waals surface area contributed by atoms with Crippen molar-refractivity contribution < 1.29 is 41.7 Å². The van der Waals surface area contributed by atoms with Gasteiger partial charge in [-0.3, -0.25) is 4.79 Å². The van der Waals surface area contributed by atoms with Crippen LogP contribution in [0.15, 0.2) is 48.5 Å². The van der Waals surface area contributed by atoms with Crippen LogP contribution in [0.25, 0.3) is 0 Å². The predicted octanol–water partition coefficient (Wildman–Crippen LogP) is 5.79. The normalized spacial score (nSPS) is 20.2. The van der Waals surface area contributed by atoms with Gasteiger partial charge in [-0.05, 0) is 68.1 Å². The van der Waals surface area contributed by atoms with E-state index in [1.807, 2.05) is 31.2 Å². The van der Waals surface area contributed by atoms with E-state index in [0.717, 1.165) is 29.9 Å². The number of hydrogen-bond donors (Lipinski definition) is 0. The highest BCUT2D eigenvalue weighted by Crippen LogP contribution is 2.33. The summed E-state index contributed by atoms with van der Waals surface area (Å²) in [5.74, 6) is -1.34. The van der Waals surface area contributed by atoms with Gasteiger partial charge in [0, 0.05) is 39.8 Å². The lowest BCUT2D eigenvalue weighted by atomic mass is 9.92. The van der Waals surface area contributed by atoms with Crippen LogP contribution in [0.2, 0.25) is 0 Å². The first-order valence-electron chi connectivity index (χ1n) is 13.7. The zero-order valence-corrected chi connectivity index (χ0v) is 23.0. The predicted molar refractivity (Wildman–Crippen MR) is 141 cm³/mol. The highest BCUT2D eigenvalue weighted by atomic mass is 19.4. The van der Waals surface area contributed by atoms with Crippen LogP contribution in [0.3, 0.4) is 0 Å². The largest absolute Gasteiger partial charge is 0.494 e. The molecule has 0 saturated carbocycles. The number of piperidine rings is 1. The van der Waals surface area contributed by atoms with Gasteiger partial charge in [-0.2, -0.15) is 13.2 Å². The first-order valence-corrected chi connectivity index (χ1v) is 13.7. The van der Waals surface area contributed by atoms with Gasteiger partial charge in [-0.1, -0.05) is 12.1 Å². The van der Waals surface area contributed by atoms with Gasteiger partial charge < -0.3 is 23.8 Å². The minimum absolute atomic E-state index is 0.167. The minimum atomic E-state index is -4.40. The van der Waals surface area contributed by atoms with Crippen LogP contribution < -0.4 is 9.47 Å². The van der Waals surface area contributed by atoms with E-state index in [1.165, 1.54) is 12.1 Å². The molecular formula is C30H36F3NO6. The summed E-state index contributed by atoms with van der Waals surface area (Å²) in [6, 6.07) is 12.4. The van der Waals surface area contributed by atoms with Crippen molar-refractivity contribution in [2.75, 3.05) is 19.7 Å². The Morgan fingerprint density at radius 1 is 1.05 bits per heavy atom. The molecule has 0 bridgehead atoms. The van der Waals surface area contributed by atoms with Crippen molar-refractivity contribution in [3.63, 3.8) is 0 Å². The number of carbonyl (C=O) groups is 2. The topological polar surface area (TPSA) is 74.3 Å². The van der Waals surface area contributed by atoms with E-state index in [4.69, 9.17) is 18.9 Å². The van der Waals surface area contributed by atoms with Crippen molar-refractivity contribution >= 4 is 11.9 Å². The Balaban J connectivity index is 1.35. The average molecular weight is 564 g/mol. The van der Waals surface area contributed by atoms with Crippen LogP contribution in [0, 0.1) is 5.92 Å². The summed E-state index contributed by atoms with van der Waals surface area (Å²) in [5.41, 5.74) is 0.371. The summed E-state index contributed by atoms with van der Waals surface area (Å²) >= 11 is 0. The zero-order chi connectivity index (χ0) is 28.9. The van der Waals surface area contributed by atoms with E-state index in [9.17, 15) is 22.8 Å². The second-order valence-electron chi connectivity index (χ2n) is 10.6. The number of hydrogen-bond acceptors (Lipinski definition) is 6. The molecule has 2 atom stereocenters. The molecule has 7 nitrogen and oxygen atoms in total. The van der Waals surface area contributed by atoms with Gasteiger partial charge in [0.05, 0.1) is 18.1 Å². The summed E-state index contributed by atoms with van der Waals surface area (Å²) in [7, 11) is 0. The molecule has 2 heterocycles. The molecule has 0 aliphatic carbocycles. The van der Waals surface area contributed by atoms with Gasteiger partial charge >= 0.3 is 12.1 Å². The maximum Gasteiger partial charge on any atom is 0.416 e. The Hall–Kier alpha value is -3.27. The highest BCUT2D eigenvalue weighted by Gasteiger charge is 2.48. The Morgan fingerprint density at radius 3 is 2.23 bits per heavy atom. The molecule has 0 N–H and O–H groups in total. The summed E-state index contributed by atoms with van der Waals surface area (Å²) in [6.07, 6.45) is -2.73. The molecule has 0 unspecified atom stereocenters. The monoisotopic (exact) mass is 563 g/mol. The van der Waals surface area contributed by atoms with Crippen molar-refractivity contribution in [3.05, 3.63) is 59.7 Å². The van der Waals surface area contributed by atoms with Crippen molar-refractivity contribution in [2.24, 2.45) is 5.92 Å². The molecule has 40 heavy (non-hydrogen) atoms. The molecule has 2 saturated heterocycles. The Kier molecular flexibility index (Phi) is 9.28. The van der Waals surface area contributed by atoms with E-state index in [-0.39, 0.29) is 12.0 Å². The number of alkyl halides is 3. The number of rotatable bonds is 10. The molecule has 2 aliphatic heterocycles. The quantitative estimate of drug-likeness (QED) is 0.341. The van der Waals surface area contributed by atoms with Gasteiger partial charge in [0.15, 0.2) is 6.10 Å². The van der Waals surface area contributed by atoms with Crippen LogP contribution in [0.5, 0.6) is 11.5 Å². The number of benzene rings is 2. The van der Waals surface area contributed by atoms with E-state index in [0.29, 0.717) is 51.1 Å². The third-order valence-corrected chi connectivity index (χ3v) is 7.13. The number of carbonyl (C=O) groups excluding carboxylic acids is 2. The van der Waals surface area contributed by atoms with Gasteiger partial charge in [0.1, 0.15) is 17.6 Å². The maximum absolute atomic E-state index is 13.7. The molecule has 0 spiro atoms. The lowest BCUT2D eigenvalue weighted by Gasteiger charge is -2.35. The standard InChI is InChI=1S/C30H36F3NO6/c1-4-37-22-12-8-20(9-13-22)6-5-7-25(26-28(36)40-29(2,3)39-26)27(35)34-18-16-24(17-19-34)38-23-14-10-21(11-15-23)30(31,32)33/h8-15,24-26H,4-7,16-19H2,1-3H3/t25-,26+/m1/s1. The molecule has 10 heteroatoms. The molecule has 1 amide bonds. The smallest absolute Gasteiger partial charge is 0.416 e. The lowest BCUT2D eigenvalue weighted by Crippen LogP contribution is -2.48. The number of aryl methyl sites for hydroxylation is 1. The van der Waals surface area contributed by atoms with Gasteiger partial charge in [-0.15, -0.1) is 0 Å². The third-order valence-electron chi connectivity index (χ3n) is 7.13. The second kappa shape index (κ2) is 12.5. The molecule has 218 valence electrons. The zero-order valence-electron chi connectivity index (χ0n) is 23.0. The Morgan fingerprint density at radius 2 is 1.68 bits per heavy atom. The molecule has 0 aromatic heterocycles. The van der Waals surface area contributed by atoms with E-state index in [2.05, 4.69) is 0 Å². The first-order chi connectivity index (χ1) is 18.9. The fraction of sp³-hybridized carbons (Fsp3) is 0.533. The SMILES string of the molecule is CCOc1ccc(CCC[C@@H](C(=O)N2CCC(Oc3ccc(C(F)(F)F)cc3)CC2)[C@@H]2OC(C)(C)OC2=O)cc1. The van der Waals surface area contributed by atoms with Crippen molar-refractivity contribution in [3.8, 4) is 11.5 Å². The van der Waals surface area contributed by atoms with E-state index >= 15 is 0 Å². The van der Waals surface area contributed by atoms with Crippen LogP contribution in [0.4, 0.5) is 13.2 Å². The Labute approximate surface area is 232 Å². The number of ether oxygens (including phenoxy) is 4. The van der Waals surface area contributed by atoms with E-state index < -0.39 is 35.5 Å². The number of nitrogens with zero attached hydrogens (tertiary/aromatic N) is 1. The molecule has 2 fully saturated rings. The molecular weight excluding hydrogens is 527 g/mol. The lowest BCUT2D eigenvalue weighted by molar-refractivity contribution is -0.163. The summed E-state index contributed by atoms with van der Waals surface area (Å²) in [6.45, 7) is 6.63. The fourth-order valence-corrected chi connectivity index (χ4v) is 5.12. The van der Waals surface area contributed by atoms with E-state index in [1.54, 1.807) is 18.7 Å². The number of likely N-dealkylation sites (tertiary alicyclic amines) is 1. The maximum atomic E-state index is 13.7. The summed E-state index contributed by atoms with van der Waals surface area (Å²) in [4.78, 5) is 28.1. The number of amides is 1.